The maximum absolute atomic E-state index is 12.3. The van der Waals surface area contributed by atoms with E-state index in [-0.39, 0.29) is 5.88 Å². The Morgan fingerprint density at radius 1 is 1.00 bits per heavy atom. The molecule has 1 N–H and O–H groups in total. The van der Waals surface area contributed by atoms with Crippen LogP contribution in [0.2, 0.25) is 0 Å². The Labute approximate surface area is 129 Å². The summed E-state index contributed by atoms with van der Waals surface area (Å²) in [5, 5.41) is 0.815. The molecule has 0 atom stereocenters. The molecule has 0 radical (unpaired) electrons. The van der Waals surface area contributed by atoms with Gasteiger partial charge >= 0.3 is 6.61 Å². The molecule has 0 spiro atoms. The van der Waals surface area contributed by atoms with Gasteiger partial charge in [0.1, 0.15) is 5.65 Å². The monoisotopic (exact) mass is 312 g/mol. The van der Waals surface area contributed by atoms with Crippen molar-refractivity contribution in [3.63, 3.8) is 0 Å². The third-order valence-corrected chi connectivity index (χ3v) is 3.50. The third kappa shape index (κ3) is 2.46. The maximum atomic E-state index is 12.3. The van der Waals surface area contributed by atoms with E-state index in [0.717, 1.165) is 27.5 Å². The van der Waals surface area contributed by atoms with Crippen LogP contribution in [-0.2, 0) is 0 Å². The molecule has 0 aliphatic heterocycles. The minimum atomic E-state index is -2.89. The van der Waals surface area contributed by atoms with Crippen molar-refractivity contribution < 1.29 is 13.5 Å². The van der Waals surface area contributed by atoms with Crippen molar-refractivity contribution in [1.29, 1.82) is 0 Å². The molecule has 4 rings (SSSR count). The quantitative estimate of drug-likeness (QED) is 0.625. The molecule has 0 amide bonds. The first-order valence-corrected chi connectivity index (χ1v) is 6.85. The predicted octanol–water partition coefficient (Wildman–Crippen LogP) is 3.77. The number of nitrogens with one attached hydrogen (secondary N) is 1. The van der Waals surface area contributed by atoms with Crippen LogP contribution in [0.4, 0.5) is 8.78 Å². The molecule has 3 aromatic heterocycles. The standard InChI is InChI=1S/C16H10F2N4O/c17-16(18)23-14-4-2-10-11(8-21-15(10)22-14)9-1-3-12-13(7-9)20-6-5-19-12/h1-8,16H,(H,21,22). The minimum absolute atomic E-state index is 0.120. The van der Waals surface area contributed by atoms with Gasteiger partial charge in [-0.1, -0.05) is 6.07 Å². The first-order chi connectivity index (χ1) is 11.2. The summed E-state index contributed by atoms with van der Waals surface area (Å²) < 4.78 is 28.8. The smallest absolute Gasteiger partial charge is 0.388 e. The third-order valence-electron chi connectivity index (χ3n) is 3.50. The molecular formula is C16H10F2N4O. The lowest BCUT2D eigenvalue weighted by Crippen LogP contribution is -2.03. The number of aromatic amines is 1. The highest BCUT2D eigenvalue weighted by Gasteiger charge is 2.11. The van der Waals surface area contributed by atoms with Gasteiger partial charge in [-0.05, 0) is 23.8 Å². The van der Waals surface area contributed by atoms with Crippen molar-refractivity contribution in [2.45, 2.75) is 6.61 Å². The van der Waals surface area contributed by atoms with Crippen molar-refractivity contribution in [3.05, 3.63) is 48.9 Å². The van der Waals surface area contributed by atoms with Gasteiger partial charge in [0.15, 0.2) is 0 Å². The summed E-state index contributed by atoms with van der Waals surface area (Å²) in [6.45, 7) is -2.89. The number of halogens is 2. The molecule has 4 aromatic rings. The number of pyridine rings is 1. The maximum Gasteiger partial charge on any atom is 0.388 e. The number of nitrogens with zero attached hydrogens (tertiary/aromatic N) is 3. The van der Waals surface area contributed by atoms with Gasteiger partial charge in [-0.25, -0.2) is 0 Å². The molecule has 0 aliphatic rings. The average molecular weight is 312 g/mol. The number of rotatable bonds is 3. The van der Waals surface area contributed by atoms with Gasteiger partial charge in [-0.3, -0.25) is 9.97 Å². The van der Waals surface area contributed by atoms with Crippen LogP contribution in [0.5, 0.6) is 5.88 Å². The van der Waals surface area contributed by atoms with Gasteiger partial charge in [0, 0.05) is 35.6 Å². The van der Waals surface area contributed by atoms with Gasteiger partial charge in [-0.15, -0.1) is 0 Å². The summed E-state index contributed by atoms with van der Waals surface area (Å²) in [4.78, 5) is 15.5. The predicted molar refractivity (Wildman–Crippen MR) is 81.3 cm³/mol. The van der Waals surface area contributed by atoms with Gasteiger partial charge in [0.25, 0.3) is 0 Å². The van der Waals surface area contributed by atoms with Crippen LogP contribution in [0.1, 0.15) is 0 Å². The second kappa shape index (κ2) is 5.28. The van der Waals surface area contributed by atoms with E-state index in [9.17, 15) is 8.78 Å². The summed E-state index contributed by atoms with van der Waals surface area (Å²) in [6, 6.07) is 8.87. The Bertz CT molecular complexity index is 1000. The van der Waals surface area contributed by atoms with Crippen molar-refractivity contribution in [2.75, 3.05) is 0 Å². The Balaban J connectivity index is 1.81. The van der Waals surface area contributed by atoms with Crippen LogP contribution < -0.4 is 4.74 Å². The van der Waals surface area contributed by atoms with Crippen molar-refractivity contribution >= 4 is 22.1 Å². The molecule has 7 heteroatoms. The van der Waals surface area contributed by atoms with E-state index in [1.54, 1.807) is 24.7 Å². The fourth-order valence-electron chi connectivity index (χ4n) is 2.51. The van der Waals surface area contributed by atoms with E-state index in [1.807, 2.05) is 18.2 Å². The molecule has 1 aromatic carbocycles. The van der Waals surface area contributed by atoms with Crippen molar-refractivity contribution in [3.8, 4) is 17.0 Å². The van der Waals surface area contributed by atoms with Crippen LogP contribution in [0.3, 0.4) is 0 Å². The van der Waals surface area contributed by atoms with E-state index >= 15 is 0 Å². The molecule has 0 saturated heterocycles. The highest BCUT2D eigenvalue weighted by atomic mass is 19.3. The van der Waals surface area contributed by atoms with E-state index in [1.165, 1.54) is 6.07 Å². The van der Waals surface area contributed by atoms with Crippen LogP contribution in [0, 0.1) is 0 Å². The summed E-state index contributed by atoms with van der Waals surface area (Å²) in [5.74, 6) is -0.120. The van der Waals surface area contributed by atoms with Crippen LogP contribution in [-0.4, -0.2) is 26.5 Å². The largest absolute Gasteiger partial charge is 0.417 e. The molecule has 5 nitrogen and oxygen atoms in total. The number of benzene rings is 1. The van der Waals surface area contributed by atoms with Crippen molar-refractivity contribution in [1.82, 2.24) is 19.9 Å². The summed E-state index contributed by atoms with van der Waals surface area (Å²) in [5.41, 5.74) is 3.92. The number of ether oxygens (including phenoxy) is 1. The fourth-order valence-corrected chi connectivity index (χ4v) is 2.51. The van der Waals surface area contributed by atoms with E-state index in [4.69, 9.17) is 0 Å². The minimum Gasteiger partial charge on any atom is -0.417 e. The first-order valence-electron chi connectivity index (χ1n) is 6.85. The Kier molecular flexibility index (Phi) is 3.11. The van der Waals surface area contributed by atoms with E-state index in [2.05, 4.69) is 24.7 Å². The average Bonchev–Trinajstić information content (AvgIpc) is 2.97. The van der Waals surface area contributed by atoms with Gasteiger partial charge in [0.05, 0.1) is 11.0 Å². The lowest BCUT2D eigenvalue weighted by molar-refractivity contribution is -0.0526. The second-order valence-corrected chi connectivity index (χ2v) is 4.89. The van der Waals surface area contributed by atoms with E-state index < -0.39 is 6.61 Å². The van der Waals surface area contributed by atoms with Crippen molar-refractivity contribution in [2.24, 2.45) is 0 Å². The van der Waals surface area contributed by atoms with Crippen LogP contribution in [0.15, 0.2) is 48.9 Å². The highest BCUT2D eigenvalue weighted by molar-refractivity contribution is 5.95. The zero-order chi connectivity index (χ0) is 15.8. The molecular weight excluding hydrogens is 302 g/mol. The topological polar surface area (TPSA) is 63.7 Å². The molecule has 0 bridgehead atoms. The molecule has 23 heavy (non-hydrogen) atoms. The number of hydrogen-bond donors (Lipinski definition) is 1. The molecule has 0 saturated carbocycles. The molecule has 0 unspecified atom stereocenters. The lowest BCUT2D eigenvalue weighted by Gasteiger charge is -2.04. The molecule has 114 valence electrons. The van der Waals surface area contributed by atoms with Gasteiger partial charge in [0.2, 0.25) is 5.88 Å². The second-order valence-electron chi connectivity index (χ2n) is 4.89. The zero-order valence-corrected chi connectivity index (χ0v) is 11.7. The zero-order valence-electron chi connectivity index (χ0n) is 11.7. The summed E-state index contributed by atoms with van der Waals surface area (Å²) >= 11 is 0. The van der Waals surface area contributed by atoms with Gasteiger partial charge in [-0.2, -0.15) is 13.8 Å². The number of H-pyrrole nitrogens is 1. The fraction of sp³-hybridized carbons (Fsp3) is 0.0625. The molecule has 3 heterocycles. The lowest BCUT2D eigenvalue weighted by atomic mass is 10.1. The molecule has 0 fully saturated rings. The number of hydrogen-bond acceptors (Lipinski definition) is 4. The highest BCUT2D eigenvalue weighted by Crippen LogP contribution is 2.30. The Hall–Kier alpha value is -3.09. The number of fused-ring (bicyclic) bond motifs is 2. The summed E-state index contributed by atoms with van der Waals surface area (Å²) in [6.07, 6.45) is 5.06. The van der Waals surface area contributed by atoms with E-state index in [0.29, 0.717) is 5.65 Å². The summed E-state index contributed by atoms with van der Waals surface area (Å²) in [7, 11) is 0. The van der Waals surface area contributed by atoms with Crippen LogP contribution >= 0.6 is 0 Å². The Morgan fingerprint density at radius 2 is 1.83 bits per heavy atom. The molecule has 0 aliphatic carbocycles. The first kappa shape index (κ1) is 13.6. The number of alkyl halides is 2. The van der Waals surface area contributed by atoms with Gasteiger partial charge < -0.3 is 9.72 Å². The normalized spacial score (nSPS) is 11.4. The Morgan fingerprint density at radius 3 is 2.65 bits per heavy atom. The SMILES string of the molecule is FC(F)Oc1ccc2c(-c3ccc4nccnc4c3)c[nH]c2n1. The van der Waals surface area contributed by atoms with Crippen LogP contribution in [0.25, 0.3) is 33.2 Å². The number of aromatic nitrogens is 4.